The molecule has 0 saturated heterocycles. The standard InChI is InChI=1S/C6H8Cl2N2O4P2/c7-4-1-3(2-5(8)10-4)9-6(15(11)12)16(13)14/h1-2,6,11-14H,(H,9,10). The minimum absolute atomic E-state index is 0.106. The maximum atomic E-state index is 8.95. The van der Waals surface area contributed by atoms with Crippen LogP contribution in [-0.2, 0) is 0 Å². The lowest BCUT2D eigenvalue weighted by Crippen LogP contribution is -2.15. The Morgan fingerprint density at radius 3 is 1.88 bits per heavy atom. The van der Waals surface area contributed by atoms with Crippen molar-refractivity contribution in [2.24, 2.45) is 0 Å². The Morgan fingerprint density at radius 1 is 1.06 bits per heavy atom. The van der Waals surface area contributed by atoms with Crippen LogP contribution in [-0.4, -0.2) is 30.1 Å². The molecule has 6 nitrogen and oxygen atoms in total. The minimum Gasteiger partial charge on any atom is -0.367 e. The van der Waals surface area contributed by atoms with Crippen LogP contribution in [0.2, 0.25) is 10.3 Å². The Labute approximate surface area is 104 Å². The number of rotatable bonds is 4. The normalized spacial score (nSPS) is 11.6. The molecule has 0 aliphatic heterocycles. The van der Waals surface area contributed by atoms with Gasteiger partial charge in [0.2, 0.25) is 0 Å². The molecule has 0 radical (unpaired) electrons. The zero-order valence-electron chi connectivity index (χ0n) is 7.62. The first-order chi connectivity index (χ1) is 7.40. The number of pyridine rings is 1. The molecule has 90 valence electrons. The van der Waals surface area contributed by atoms with Gasteiger partial charge in [0.05, 0.1) is 0 Å². The van der Waals surface area contributed by atoms with Crippen LogP contribution >= 0.6 is 40.0 Å². The first kappa shape index (κ1) is 14.3. The van der Waals surface area contributed by atoms with E-state index in [1.807, 2.05) is 0 Å². The molecule has 0 aliphatic carbocycles. The van der Waals surface area contributed by atoms with Gasteiger partial charge in [-0.2, -0.15) is 0 Å². The van der Waals surface area contributed by atoms with E-state index in [9.17, 15) is 0 Å². The van der Waals surface area contributed by atoms with E-state index in [2.05, 4.69) is 10.3 Å². The molecule has 1 aromatic rings. The quantitative estimate of drug-likeness (QED) is 0.428. The molecule has 16 heavy (non-hydrogen) atoms. The predicted molar refractivity (Wildman–Crippen MR) is 64.4 cm³/mol. The Morgan fingerprint density at radius 2 is 1.50 bits per heavy atom. The summed E-state index contributed by atoms with van der Waals surface area (Å²) in [4.78, 5) is 39.5. The van der Waals surface area contributed by atoms with E-state index in [0.29, 0.717) is 5.69 Å². The van der Waals surface area contributed by atoms with Crippen LogP contribution < -0.4 is 5.32 Å². The van der Waals surface area contributed by atoms with Gasteiger partial charge in [-0.3, -0.25) is 0 Å². The SMILES string of the molecule is OP(O)C(Nc1cc(Cl)nc(Cl)c1)P(O)O. The van der Waals surface area contributed by atoms with Crippen LogP contribution in [0.5, 0.6) is 0 Å². The Kier molecular flexibility index (Phi) is 5.57. The van der Waals surface area contributed by atoms with Crippen LogP contribution in [0.1, 0.15) is 0 Å². The highest BCUT2D eigenvalue weighted by Gasteiger charge is 2.26. The zero-order valence-corrected chi connectivity index (χ0v) is 10.9. The lowest BCUT2D eigenvalue weighted by atomic mass is 10.4. The zero-order chi connectivity index (χ0) is 12.3. The largest absolute Gasteiger partial charge is 0.367 e. The monoisotopic (exact) mass is 304 g/mol. The van der Waals surface area contributed by atoms with Gasteiger partial charge in [-0.25, -0.2) is 4.98 Å². The average molecular weight is 305 g/mol. The lowest BCUT2D eigenvalue weighted by Gasteiger charge is -2.21. The first-order valence-corrected chi connectivity index (χ1v) is 7.22. The summed E-state index contributed by atoms with van der Waals surface area (Å²) < 4.78 is 0. The molecular weight excluding hydrogens is 297 g/mol. The fraction of sp³-hybridized carbons (Fsp3) is 0.167. The fourth-order valence-corrected chi connectivity index (χ4v) is 2.63. The summed E-state index contributed by atoms with van der Waals surface area (Å²) in [5.41, 5.74) is -0.930. The number of halogens is 2. The van der Waals surface area contributed by atoms with E-state index in [0.717, 1.165) is 0 Å². The highest BCUT2D eigenvalue weighted by atomic mass is 35.5. The number of nitrogens with one attached hydrogen (secondary N) is 1. The highest BCUT2D eigenvalue weighted by molar-refractivity contribution is 7.64. The summed E-state index contributed by atoms with van der Waals surface area (Å²) in [6.07, 6.45) is 0. The second-order valence-corrected chi connectivity index (χ2v) is 6.16. The molecule has 0 bridgehead atoms. The van der Waals surface area contributed by atoms with E-state index in [1.54, 1.807) is 0 Å². The highest BCUT2D eigenvalue weighted by Crippen LogP contribution is 2.49. The van der Waals surface area contributed by atoms with Crippen molar-refractivity contribution >= 4 is 45.6 Å². The topological polar surface area (TPSA) is 106 Å². The van der Waals surface area contributed by atoms with Gasteiger partial charge < -0.3 is 24.9 Å². The van der Waals surface area contributed by atoms with E-state index < -0.39 is 22.3 Å². The average Bonchev–Trinajstić information content (AvgIpc) is 2.11. The summed E-state index contributed by atoms with van der Waals surface area (Å²) in [6, 6.07) is 2.75. The van der Waals surface area contributed by atoms with Gasteiger partial charge in [0.1, 0.15) is 10.3 Å². The summed E-state index contributed by atoms with van der Waals surface area (Å²) >= 11 is 11.2. The third kappa shape index (κ3) is 4.24. The summed E-state index contributed by atoms with van der Waals surface area (Å²) in [6.45, 7) is 0. The summed E-state index contributed by atoms with van der Waals surface area (Å²) in [5, 5.41) is 2.72. The van der Waals surface area contributed by atoms with Gasteiger partial charge in [0.25, 0.3) is 0 Å². The molecule has 1 rings (SSSR count). The molecular formula is C6H8Cl2N2O4P2. The molecule has 0 spiro atoms. The van der Waals surface area contributed by atoms with E-state index in [4.69, 9.17) is 42.8 Å². The molecule has 0 atom stereocenters. The number of anilines is 1. The molecule has 0 fully saturated rings. The minimum atomic E-state index is -2.54. The van der Waals surface area contributed by atoms with Crippen LogP contribution in [0.15, 0.2) is 12.1 Å². The van der Waals surface area contributed by atoms with E-state index in [-0.39, 0.29) is 10.3 Å². The van der Waals surface area contributed by atoms with Crippen molar-refractivity contribution in [2.45, 2.75) is 5.52 Å². The van der Waals surface area contributed by atoms with Crippen molar-refractivity contribution in [3.05, 3.63) is 22.4 Å². The first-order valence-electron chi connectivity index (χ1n) is 3.83. The van der Waals surface area contributed by atoms with Gasteiger partial charge in [-0.15, -0.1) is 0 Å². The summed E-state index contributed by atoms with van der Waals surface area (Å²) in [5.74, 6) is 0. The van der Waals surface area contributed by atoms with E-state index >= 15 is 0 Å². The van der Waals surface area contributed by atoms with Crippen molar-refractivity contribution in [2.75, 3.05) is 5.32 Å². The molecule has 10 heteroatoms. The number of aromatic nitrogens is 1. The molecule has 5 N–H and O–H groups in total. The number of hydrogen-bond acceptors (Lipinski definition) is 6. The van der Waals surface area contributed by atoms with Crippen LogP contribution in [0.3, 0.4) is 0 Å². The van der Waals surface area contributed by atoms with Crippen LogP contribution in [0.25, 0.3) is 0 Å². The predicted octanol–water partition coefficient (Wildman–Crippen LogP) is 1.68. The molecule has 0 saturated carbocycles. The fourth-order valence-electron chi connectivity index (χ4n) is 0.905. The van der Waals surface area contributed by atoms with Gasteiger partial charge in [0, 0.05) is 5.69 Å². The third-order valence-corrected chi connectivity index (χ3v) is 4.26. The van der Waals surface area contributed by atoms with Crippen molar-refractivity contribution in [1.29, 1.82) is 0 Å². The lowest BCUT2D eigenvalue weighted by molar-refractivity contribution is 0.454. The number of nitrogens with zero attached hydrogens (tertiary/aromatic N) is 1. The molecule has 0 amide bonds. The third-order valence-electron chi connectivity index (χ3n) is 1.50. The van der Waals surface area contributed by atoms with E-state index in [1.165, 1.54) is 12.1 Å². The Bertz CT molecular complexity index is 340. The second-order valence-electron chi connectivity index (χ2n) is 2.66. The molecule has 0 aromatic carbocycles. The summed E-state index contributed by atoms with van der Waals surface area (Å²) in [7, 11) is -5.07. The van der Waals surface area contributed by atoms with Gasteiger partial charge in [0.15, 0.2) is 22.3 Å². The molecule has 1 heterocycles. The second kappa shape index (κ2) is 6.24. The molecule has 1 aromatic heterocycles. The maximum Gasteiger partial charge on any atom is 0.198 e. The Balaban J connectivity index is 2.85. The van der Waals surface area contributed by atoms with Gasteiger partial charge in [-0.05, 0) is 12.1 Å². The van der Waals surface area contributed by atoms with Crippen LogP contribution in [0.4, 0.5) is 5.69 Å². The smallest absolute Gasteiger partial charge is 0.198 e. The Hall–Kier alpha value is 0.230. The van der Waals surface area contributed by atoms with Gasteiger partial charge in [-0.1, -0.05) is 23.2 Å². The number of hydrogen-bond donors (Lipinski definition) is 5. The van der Waals surface area contributed by atoms with Gasteiger partial charge >= 0.3 is 0 Å². The van der Waals surface area contributed by atoms with Crippen molar-refractivity contribution in [1.82, 2.24) is 4.98 Å². The molecule has 0 unspecified atom stereocenters. The van der Waals surface area contributed by atoms with Crippen molar-refractivity contribution in [3.63, 3.8) is 0 Å². The maximum absolute atomic E-state index is 8.95. The van der Waals surface area contributed by atoms with Crippen molar-refractivity contribution < 1.29 is 19.6 Å². The van der Waals surface area contributed by atoms with Crippen LogP contribution in [0, 0.1) is 0 Å². The molecule has 0 aliphatic rings. The van der Waals surface area contributed by atoms with Crippen molar-refractivity contribution in [3.8, 4) is 0 Å².